The minimum atomic E-state index is -4.11. The largest absolute Gasteiger partial charge is 0.401 e. The number of rotatable bonds is 7. The molecule has 0 radical (unpaired) electrons. The van der Waals surface area contributed by atoms with E-state index < -0.39 is 12.7 Å². The maximum Gasteiger partial charge on any atom is 0.401 e. The van der Waals surface area contributed by atoms with Gasteiger partial charge in [0.05, 0.1) is 24.7 Å². The number of nitrogens with zero attached hydrogens (tertiary/aromatic N) is 3. The van der Waals surface area contributed by atoms with Gasteiger partial charge in [-0.15, -0.1) is 24.0 Å². The number of alkyl halides is 3. The predicted octanol–water partition coefficient (Wildman–Crippen LogP) is 3.90. The van der Waals surface area contributed by atoms with E-state index in [0.29, 0.717) is 37.1 Å². The van der Waals surface area contributed by atoms with Crippen molar-refractivity contribution in [1.29, 1.82) is 5.26 Å². The Hall–Kier alpha value is -1.54. The fraction of sp³-hybridized carbons (Fsp3) is 0.600. The summed E-state index contributed by atoms with van der Waals surface area (Å²) in [6.07, 6.45) is -1.61. The van der Waals surface area contributed by atoms with Crippen LogP contribution >= 0.6 is 24.0 Å². The van der Waals surface area contributed by atoms with Gasteiger partial charge in [0.2, 0.25) is 0 Å². The molecule has 0 aliphatic carbocycles. The number of halogens is 4. The van der Waals surface area contributed by atoms with Crippen LogP contribution < -0.4 is 10.6 Å². The first-order valence-corrected chi connectivity index (χ1v) is 9.70. The number of benzene rings is 1. The van der Waals surface area contributed by atoms with Crippen LogP contribution in [0.2, 0.25) is 0 Å². The molecule has 2 N–H and O–H groups in total. The standard InChI is InChI=1S/C20H28F3N5.HI/c1-2-25-19(27-14-18-5-3-4-17(12-18)13-24)26-9-6-16-7-10-28(11-8-16)15-20(21,22)23;/h3-5,12,16H,2,6-11,14-15H2,1H3,(H2,25,26,27);1H. The van der Waals surface area contributed by atoms with Crippen molar-refractivity contribution in [3.05, 3.63) is 35.4 Å². The molecule has 162 valence electrons. The molecule has 2 rings (SSSR count). The summed E-state index contributed by atoms with van der Waals surface area (Å²) in [6.45, 7) is 4.14. The maximum absolute atomic E-state index is 12.5. The van der Waals surface area contributed by atoms with E-state index in [1.54, 1.807) is 6.07 Å². The summed E-state index contributed by atoms with van der Waals surface area (Å²) in [6, 6.07) is 9.48. The third kappa shape index (κ3) is 10.2. The summed E-state index contributed by atoms with van der Waals surface area (Å²) in [5.41, 5.74) is 1.58. The lowest BCUT2D eigenvalue weighted by Gasteiger charge is -2.32. The van der Waals surface area contributed by atoms with Crippen LogP contribution in [0.5, 0.6) is 0 Å². The van der Waals surface area contributed by atoms with Crippen LogP contribution in [0.3, 0.4) is 0 Å². The molecule has 0 atom stereocenters. The second kappa shape index (κ2) is 12.9. The van der Waals surface area contributed by atoms with Crippen molar-refractivity contribution < 1.29 is 13.2 Å². The fourth-order valence-corrected chi connectivity index (χ4v) is 3.33. The second-order valence-electron chi connectivity index (χ2n) is 7.06. The third-order valence-electron chi connectivity index (χ3n) is 4.78. The van der Waals surface area contributed by atoms with E-state index in [2.05, 4.69) is 21.7 Å². The molecule has 1 heterocycles. The Bertz CT molecular complexity index is 679. The summed E-state index contributed by atoms with van der Waals surface area (Å²) in [5.74, 6) is 1.14. The first-order valence-electron chi connectivity index (χ1n) is 9.70. The highest BCUT2D eigenvalue weighted by Crippen LogP contribution is 2.23. The molecule has 0 bridgehead atoms. The van der Waals surface area contributed by atoms with E-state index in [1.807, 2.05) is 25.1 Å². The van der Waals surface area contributed by atoms with Gasteiger partial charge in [-0.05, 0) is 62.9 Å². The molecule has 1 aliphatic rings. The number of hydrogen-bond donors (Lipinski definition) is 2. The first kappa shape index (κ1) is 25.5. The van der Waals surface area contributed by atoms with Crippen molar-refractivity contribution in [2.75, 3.05) is 32.7 Å². The Balaban J connectivity index is 0.00000420. The van der Waals surface area contributed by atoms with Gasteiger partial charge in [-0.25, -0.2) is 4.99 Å². The molecule has 1 aromatic carbocycles. The van der Waals surface area contributed by atoms with Gasteiger partial charge in [0.1, 0.15) is 0 Å². The second-order valence-corrected chi connectivity index (χ2v) is 7.06. The lowest BCUT2D eigenvalue weighted by molar-refractivity contribution is -0.148. The zero-order valence-corrected chi connectivity index (χ0v) is 19.0. The molecular formula is C20H29F3IN5. The van der Waals surface area contributed by atoms with Gasteiger partial charge in [0, 0.05) is 13.1 Å². The van der Waals surface area contributed by atoms with Crippen molar-refractivity contribution in [3.63, 3.8) is 0 Å². The number of likely N-dealkylation sites (tertiary alicyclic amines) is 1. The molecule has 0 unspecified atom stereocenters. The molecule has 1 fully saturated rings. The van der Waals surface area contributed by atoms with Crippen LogP contribution in [0.25, 0.3) is 0 Å². The van der Waals surface area contributed by atoms with E-state index in [1.165, 1.54) is 4.90 Å². The lowest BCUT2D eigenvalue weighted by atomic mass is 9.93. The van der Waals surface area contributed by atoms with Crippen LogP contribution in [0, 0.1) is 17.2 Å². The molecular weight excluding hydrogens is 494 g/mol. The van der Waals surface area contributed by atoms with Crippen molar-refractivity contribution in [1.82, 2.24) is 15.5 Å². The highest BCUT2D eigenvalue weighted by atomic mass is 127. The van der Waals surface area contributed by atoms with Gasteiger partial charge in [-0.3, -0.25) is 4.90 Å². The van der Waals surface area contributed by atoms with E-state index >= 15 is 0 Å². The molecule has 1 saturated heterocycles. The van der Waals surface area contributed by atoms with E-state index in [-0.39, 0.29) is 24.0 Å². The summed E-state index contributed by atoms with van der Waals surface area (Å²) in [7, 11) is 0. The van der Waals surface area contributed by atoms with Gasteiger partial charge in [0.25, 0.3) is 0 Å². The van der Waals surface area contributed by atoms with Gasteiger partial charge in [-0.2, -0.15) is 18.4 Å². The number of nitrogens with one attached hydrogen (secondary N) is 2. The fourth-order valence-electron chi connectivity index (χ4n) is 3.33. The highest BCUT2D eigenvalue weighted by Gasteiger charge is 2.32. The van der Waals surface area contributed by atoms with Gasteiger partial charge >= 0.3 is 6.18 Å². The lowest BCUT2D eigenvalue weighted by Crippen LogP contribution is -2.41. The molecule has 0 saturated carbocycles. The average Bonchev–Trinajstić information content (AvgIpc) is 2.66. The Kier molecular flexibility index (Phi) is 11.3. The Morgan fingerprint density at radius 2 is 2.00 bits per heavy atom. The van der Waals surface area contributed by atoms with Crippen molar-refractivity contribution in [3.8, 4) is 6.07 Å². The first-order chi connectivity index (χ1) is 13.4. The molecule has 0 amide bonds. The Morgan fingerprint density at radius 3 is 2.62 bits per heavy atom. The summed E-state index contributed by atoms with van der Waals surface area (Å²) >= 11 is 0. The normalized spacial score (nSPS) is 16.0. The van der Waals surface area contributed by atoms with Crippen LogP contribution in [0.4, 0.5) is 13.2 Å². The third-order valence-corrected chi connectivity index (χ3v) is 4.78. The van der Waals surface area contributed by atoms with Crippen LogP contribution in [0.15, 0.2) is 29.3 Å². The molecule has 1 aliphatic heterocycles. The summed E-state index contributed by atoms with van der Waals surface area (Å²) in [5, 5.41) is 15.5. The zero-order chi connectivity index (χ0) is 20.4. The van der Waals surface area contributed by atoms with Crippen molar-refractivity contribution >= 4 is 29.9 Å². The SMILES string of the molecule is CCNC(=NCc1cccc(C#N)c1)NCCC1CCN(CC(F)(F)F)CC1.I. The maximum atomic E-state index is 12.5. The van der Waals surface area contributed by atoms with Crippen molar-refractivity contribution in [2.45, 2.75) is 38.9 Å². The molecule has 0 aromatic heterocycles. The topological polar surface area (TPSA) is 63.5 Å². The molecule has 5 nitrogen and oxygen atoms in total. The summed E-state index contributed by atoms with van der Waals surface area (Å²) in [4.78, 5) is 6.04. The van der Waals surface area contributed by atoms with E-state index in [9.17, 15) is 13.2 Å². The molecule has 29 heavy (non-hydrogen) atoms. The van der Waals surface area contributed by atoms with Crippen LogP contribution in [-0.4, -0.2) is 49.8 Å². The number of nitriles is 1. The molecule has 1 aromatic rings. The van der Waals surface area contributed by atoms with Crippen molar-refractivity contribution in [2.24, 2.45) is 10.9 Å². The number of hydrogen-bond acceptors (Lipinski definition) is 3. The molecule has 9 heteroatoms. The van der Waals surface area contributed by atoms with Gasteiger partial charge in [-0.1, -0.05) is 12.1 Å². The molecule has 0 spiro atoms. The minimum absolute atomic E-state index is 0. The predicted molar refractivity (Wildman–Crippen MR) is 119 cm³/mol. The van der Waals surface area contributed by atoms with E-state index in [0.717, 1.165) is 37.9 Å². The average molecular weight is 523 g/mol. The quantitative estimate of drug-likeness (QED) is 0.324. The van der Waals surface area contributed by atoms with Gasteiger partial charge in [0.15, 0.2) is 5.96 Å². The summed E-state index contributed by atoms with van der Waals surface area (Å²) < 4.78 is 37.4. The Morgan fingerprint density at radius 1 is 1.28 bits per heavy atom. The van der Waals surface area contributed by atoms with Gasteiger partial charge < -0.3 is 10.6 Å². The Labute approximate surface area is 187 Å². The monoisotopic (exact) mass is 523 g/mol. The van der Waals surface area contributed by atoms with Crippen LogP contribution in [-0.2, 0) is 6.54 Å². The van der Waals surface area contributed by atoms with E-state index in [4.69, 9.17) is 5.26 Å². The zero-order valence-electron chi connectivity index (χ0n) is 16.6. The number of piperidine rings is 1. The highest BCUT2D eigenvalue weighted by molar-refractivity contribution is 14.0. The van der Waals surface area contributed by atoms with Crippen LogP contribution in [0.1, 0.15) is 37.3 Å². The number of aliphatic imine (C=N–C) groups is 1. The smallest absolute Gasteiger partial charge is 0.357 e. The minimum Gasteiger partial charge on any atom is -0.357 e. The number of guanidine groups is 1.